The van der Waals surface area contributed by atoms with Crippen molar-refractivity contribution < 1.29 is 31.9 Å². The van der Waals surface area contributed by atoms with Crippen molar-refractivity contribution in [3.05, 3.63) is 92.4 Å². The Balaban J connectivity index is 1.81. The number of hydrogen-bond donors (Lipinski definition) is 3. The van der Waals surface area contributed by atoms with Gasteiger partial charge in [0.05, 0.1) is 16.6 Å². The van der Waals surface area contributed by atoms with Crippen molar-refractivity contribution in [3.63, 3.8) is 0 Å². The lowest BCUT2D eigenvalue weighted by Crippen LogP contribution is -2.44. The van der Waals surface area contributed by atoms with Crippen LogP contribution in [0.15, 0.2) is 53.5 Å². The van der Waals surface area contributed by atoms with Crippen LogP contribution in [0, 0.1) is 11.6 Å². The Bertz CT molecular complexity index is 1560. The van der Waals surface area contributed by atoms with Crippen LogP contribution in [-0.4, -0.2) is 37.9 Å². The van der Waals surface area contributed by atoms with Gasteiger partial charge in [-0.3, -0.25) is 9.59 Å². The van der Waals surface area contributed by atoms with Crippen molar-refractivity contribution in [1.29, 1.82) is 0 Å². The predicted molar refractivity (Wildman–Crippen MR) is 129 cm³/mol. The summed E-state index contributed by atoms with van der Waals surface area (Å²) in [6, 6.07) is 5.58. The molecule has 13 heteroatoms. The molecule has 38 heavy (non-hydrogen) atoms. The second kappa shape index (κ2) is 10.2. The van der Waals surface area contributed by atoms with E-state index in [1.54, 1.807) is 13.8 Å². The van der Waals surface area contributed by atoms with Gasteiger partial charge in [0.2, 0.25) is 0 Å². The molecule has 0 saturated heterocycles. The quantitative estimate of drug-likeness (QED) is 0.287. The fourth-order valence-corrected chi connectivity index (χ4v) is 4.19. The minimum atomic E-state index is -5.11. The van der Waals surface area contributed by atoms with E-state index in [1.165, 1.54) is 12.1 Å². The fourth-order valence-electron chi connectivity index (χ4n) is 4.07. The zero-order valence-electron chi connectivity index (χ0n) is 19.8. The molecule has 2 heterocycles. The van der Waals surface area contributed by atoms with Crippen LogP contribution in [0.2, 0.25) is 5.02 Å². The standard InChI is InChI=1S/C25H20ClF5N4O3/c1-11(2)18-15(23(37)32-19(21(36)25(29,30)31)12-3-6-14(27)7-4-12)10-35-20(18)24(38)33-22(34-35)13-5-8-16(26)17(28)9-13/h3-11,19,21,36H,1-2H3,(H,32,37)(H,33,34,38). The summed E-state index contributed by atoms with van der Waals surface area (Å²) in [5, 5.41) is 16.2. The number of rotatable bonds is 6. The molecule has 4 aromatic rings. The molecule has 0 spiro atoms. The van der Waals surface area contributed by atoms with Gasteiger partial charge in [0.25, 0.3) is 11.5 Å². The van der Waals surface area contributed by atoms with Gasteiger partial charge < -0.3 is 15.4 Å². The van der Waals surface area contributed by atoms with Gasteiger partial charge in [-0.15, -0.1) is 5.10 Å². The van der Waals surface area contributed by atoms with E-state index < -0.39 is 47.3 Å². The number of carbonyl (C=O) groups is 1. The summed E-state index contributed by atoms with van der Waals surface area (Å²) in [6.45, 7) is 3.33. The highest BCUT2D eigenvalue weighted by Gasteiger charge is 2.45. The van der Waals surface area contributed by atoms with E-state index in [4.69, 9.17) is 11.6 Å². The highest BCUT2D eigenvalue weighted by atomic mass is 35.5. The Hall–Kier alpha value is -3.77. The van der Waals surface area contributed by atoms with Crippen molar-refractivity contribution in [2.24, 2.45) is 0 Å². The number of nitrogens with zero attached hydrogens (tertiary/aromatic N) is 2. The molecule has 2 aromatic carbocycles. The van der Waals surface area contributed by atoms with E-state index >= 15 is 0 Å². The van der Waals surface area contributed by atoms with Crippen LogP contribution in [0.25, 0.3) is 16.9 Å². The minimum Gasteiger partial charge on any atom is -0.381 e. The Morgan fingerprint density at radius 1 is 1.13 bits per heavy atom. The number of alkyl halides is 3. The predicted octanol–water partition coefficient (Wildman–Crippen LogP) is 5.14. The molecule has 0 aliphatic carbocycles. The number of aromatic amines is 1. The molecule has 0 saturated carbocycles. The number of nitrogens with one attached hydrogen (secondary N) is 2. The fraction of sp³-hybridized carbons (Fsp3) is 0.240. The van der Waals surface area contributed by atoms with Crippen LogP contribution < -0.4 is 10.9 Å². The minimum absolute atomic E-state index is 0.0435. The topological polar surface area (TPSA) is 99.5 Å². The number of H-pyrrole nitrogens is 1. The van der Waals surface area contributed by atoms with E-state index in [-0.39, 0.29) is 38.6 Å². The molecule has 7 nitrogen and oxygen atoms in total. The summed E-state index contributed by atoms with van der Waals surface area (Å²) in [7, 11) is 0. The van der Waals surface area contributed by atoms with E-state index in [9.17, 15) is 36.6 Å². The van der Waals surface area contributed by atoms with Gasteiger partial charge in [0.15, 0.2) is 11.9 Å². The van der Waals surface area contributed by atoms with Gasteiger partial charge in [-0.05, 0) is 41.8 Å². The number of fused-ring (bicyclic) bond motifs is 1. The monoisotopic (exact) mass is 554 g/mol. The molecule has 3 N–H and O–H groups in total. The Kier molecular flexibility index (Phi) is 7.31. The summed E-state index contributed by atoms with van der Waals surface area (Å²) in [5.74, 6) is -3.01. The number of carbonyl (C=O) groups excluding carboxylic acids is 1. The Morgan fingerprint density at radius 2 is 1.79 bits per heavy atom. The van der Waals surface area contributed by atoms with Crippen LogP contribution in [0.3, 0.4) is 0 Å². The van der Waals surface area contributed by atoms with Crippen LogP contribution in [-0.2, 0) is 0 Å². The summed E-state index contributed by atoms with van der Waals surface area (Å²) in [5.41, 5.74) is -0.719. The third-order valence-electron chi connectivity index (χ3n) is 5.86. The molecule has 0 fully saturated rings. The maximum Gasteiger partial charge on any atom is 0.416 e. The number of halogens is 6. The number of amides is 1. The van der Waals surface area contributed by atoms with Gasteiger partial charge >= 0.3 is 6.18 Å². The second-order valence-corrected chi connectivity index (χ2v) is 9.23. The van der Waals surface area contributed by atoms with Gasteiger partial charge in [-0.2, -0.15) is 13.2 Å². The van der Waals surface area contributed by atoms with Crippen LogP contribution in [0.5, 0.6) is 0 Å². The highest BCUT2D eigenvalue weighted by Crippen LogP contribution is 2.32. The van der Waals surface area contributed by atoms with E-state index in [2.05, 4.69) is 15.4 Å². The Labute approximate surface area is 216 Å². The molecule has 0 radical (unpaired) electrons. The second-order valence-electron chi connectivity index (χ2n) is 8.83. The average Bonchev–Trinajstić information content (AvgIpc) is 3.24. The van der Waals surface area contributed by atoms with E-state index in [1.807, 2.05) is 0 Å². The van der Waals surface area contributed by atoms with Gasteiger partial charge in [0.1, 0.15) is 17.2 Å². The molecule has 4 rings (SSSR count). The first kappa shape index (κ1) is 27.3. The van der Waals surface area contributed by atoms with Crippen molar-refractivity contribution in [1.82, 2.24) is 19.9 Å². The van der Waals surface area contributed by atoms with Gasteiger partial charge in [-0.1, -0.05) is 37.6 Å². The molecule has 2 atom stereocenters. The van der Waals surface area contributed by atoms with Gasteiger partial charge in [-0.25, -0.2) is 13.3 Å². The molecule has 0 bridgehead atoms. The first-order chi connectivity index (χ1) is 17.8. The largest absolute Gasteiger partial charge is 0.416 e. The zero-order chi connectivity index (χ0) is 27.9. The smallest absolute Gasteiger partial charge is 0.381 e. The zero-order valence-corrected chi connectivity index (χ0v) is 20.5. The number of hydrogen-bond acceptors (Lipinski definition) is 4. The number of aliphatic hydroxyl groups is 1. The molecule has 200 valence electrons. The third kappa shape index (κ3) is 5.27. The number of aromatic nitrogens is 3. The van der Waals surface area contributed by atoms with Crippen molar-refractivity contribution in [3.8, 4) is 11.4 Å². The van der Waals surface area contributed by atoms with E-state index in [0.29, 0.717) is 0 Å². The lowest BCUT2D eigenvalue weighted by Gasteiger charge is -2.26. The molecule has 0 aliphatic rings. The summed E-state index contributed by atoms with van der Waals surface area (Å²) < 4.78 is 68.7. The lowest BCUT2D eigenvalue weighted by atomic mass is 9.97. The van der Waals surface area contributed by atoms with Crippen molar-refractivity contribution in [2.45, 2.75) is 38.1 Å². The van der Waals surface area contributed by atoms with Gasteiger partial charge in [0, 0.05) is 17.3 Å². The number of aliphatic hydroxyl groups excluding tert-OH is 1. The van der Waals surface area contributed by atoms with Crippen molar-refractivity contribution >= 4 is 23.0 Å². The lowest BCUT2D eigenvalue weighted by molar-refractivity contribution is -0.212. The maximum absolute atomic E-state index is 14.0. The maximum atomic E-state index is 14.0. The summed E-state index contributed by atoms with van der Waals surface area (Å²) in [4.78, 5) is 28.8. The first-order valence-corrected chi connectivity index (χ1v) is 11.6. The normalized spacial score (nSPS) is 13.6. The summed E-state index contributed by atoms with van der Waals surface area (Å²) in [6.07, 6.45) is -6.96. The number of benzene rings is 2. The third-order valence-corrected chi connectivity index (χ3v) is 6.17. The SMILES string of the molecule is CC(C)c1c(C(=O)NC(c2ccc(F)cc2)C(O)C(F)(F)F)cn2nc(-c3ccc(Cl)c(F)c3)[nH]c(=O)c12. The van der Waals surface area contributed by atoms with Crippen LogP contribution in [0.4, 0.5) is 22.0 Å². The summed E-state index contributed by atoms with van der Waals surface area (Å²) >= 11 is 5.71. The van der Waals surface area contributed by atoms with Crippen LogP contribution in [0.1, 0.15) is 47.3 Å². The molecule has 1 amide bonds. The molecular formula is C25H20ClF5N4O3. The highest BCUT2D eigenvalue weighted by molar-refractivity contribution is 6.30. The molecule has 0 aliphatic heterocycles. The molecule has 2 aromatic heterocycles. The van der Waals surface area contributed by atoms with Crippen LogP contribution >= 0.6 is 11.6 Å². The first-order valence-electron chi connectivity index (χ1n) is 11.2. The Morgan fingerprint density at radius 3 is 2.37 bits per heavy atom. The van der Waals surface area contributed by atoms with Crippen molar-refractivity contribution in [2.75, 3.05) is 0 Å². The molecule has 2 unspecified atom stereocenters. The average molecular weight is 555 g/mol. The van der Waals surface area contributed by atoms with E-state index in [0.717, 1.165) is 41.0 Å². The molecular weight excluding hydrogens is 535 g/mol.